The van der Waals surface area contributed by atoms with Gasteiger partial charge in [0.25, 0.3) is 0 Å². The molecule has 0 aliphatic heterocycles. The van der Waals surface area contributed by atoms with Gasteiger partial charge in [0, 0.05) is 22.6 Å². The summed E-state index contributed by atoms with van der Waals surface area (Å²) in [6.45, 7) is 2.77. The van der Waals surface area contributed by atoms with Crippen LogP contribution in [0.2, 0.25) is 0 Å². The maximum atomic E-state index is 12.0. The summed E-state index contributed by atoms with van der Waals surface area (Å²) in [6, 6.07) is 0. The highest BCUT2D eigenvalue weighted by Gasteiger charge is 2.24. The van der Waals surface area contributed by atoms with Crippen LogP contribution in [0.15, 0.2) is 0 Å². The first-order valence-electron chi connectivity index (χ1n) is 5.83. The predicted octanol–water partition coefficient (Wildman–Crippen LogP) is 0.894. The molecule has 0 aromatic heterocycles. The van der Waals surface area contributed by atoms with E-state index in [0.29, 0.717) is 23.5 Å². The van der Waals surface area contributed by atoms with E-state index in [1.165, 1.54) is 12.8 Å². The van der Waals surface area contributed by atoms with E-state index in [0.717, 1.165) is 12.8 Å². The molecule has 0 aromatic rings. The van der Waals surface area contributed by atoms with Gasteiger partial charge >= 0.3 is 0 Å². The lowest BCUT2D eigenvalue weighted by Gasteiger charge is -2.26. The fourth-order valence-electron chi connectivity index (χ4n) is 2.24. The van der Waals surface area contributed by atoms with Crippen LogP contribution in [0.25, 0.3) is 0 Å². The molecule has 3 nitrogen and oxygen atoms in total. The van der Waals surface area contributed by atoms with Gasteiger partial charge in [-0.15, -0.1) is 0 Å². The van der Waals surface area contributed by atoms with Crippen molar-refractivity contribution in [2.75, 3.05) is 19.3 Å². The third-order valence-electron chi connectivity index (χ3n) is 3.06. The molecule has 15 heavy (non-hydrogen) atoms. The SMILES string of the molecule is CNCC(O)CS(=O)C1CCCC(C)C1. The van der Waals surface area contributed by atoms with Crippen LogP contribution in [0.3, 0.4) is 0 Å². The smallest absolute Gasteiger partial charge is 0.0779 e. The molecule has 0 amide bonds. The maximum absolute atomic E-state index is 12.0. The zero-order valence-corrected chi connectivity index (χ0v) is 10.6. The zero-order chi connectivity index (χ0) is 11.3. The lowest BCUT2D eigenvalue weighted by Crippen LogP contribution is -2.33. The Hall–Kier alpha value is 0.0700. The minimum Gasteiger partial charge on any atom is -0.391 e. The Balaban J connectivity index is 2.32. The minimum absolute atomic E-state index is 0.320. The zero-order valence-electron chi connectivity index (χ0n) is 9.74. The van der Waals surface area contributed by atoms with Gasteiger partial charge in [-0.2, -0.15) is 0 Å². The lowest BCUT2D eigenvalue weighted by molar-refractivity contribution is 0.197. The summed E-state index contributed by atoms with van der Waals surface area (Å²) in [4.78, 5) is 0. The van der Waals surface area contributed by atoms with Gasteiger partial charge in [-0.1, -0.05) is 19.8 Å². The van der Waals surface area contributed by atoms with Crippen LogP contribution in [0.1, 0.15) is 32.6 Å². The van der Waals surface area contributed by atoms with E-state index in [9.17, 15) is 9.32 Å². The Labute approximate surface area is 95.1 Å². The van der Waals surface area contributed by atoms with Gasteiger partial charge in [-0.3, -0.25) is 4.21 Å². The van der Waals surface area contributed by atoms with Crippen molar-refractivity contribution in [3.8, 4) is 0 Å². The van der Waals surface area contributed by atoms with Gasteiger partial charge in [-0.25, -0.2) is 0 Å². The molecule has 1 saturated carbocycles. The molecule has 0 saturated heterocycles. The van der Waals surface area contributed by atoms with Crippen molar-refractivity contribution < 1.29 is 9.32 Å². The van der Waals surface area contributed by atoms with Crippen molar-refractivity contribution in [3.63, 3.8) is 0 Å². The van der Waals surface area contributed by atoms with Crippen LogP contribution in [0.4, 0.5) is 0 Å². The molecule has 0 radical (unpaired) electrons. The quantitative estimate of drug-likeness (QED) is 0.741. The summed E-state index contributed by atoms with van der Waals surface area (Å²) in [5.41, 5.74) is 0. The van der Waals surface area contributed by atoms with E-state index in [4.69, 9.17) is 0 Å². The van der Waals surface area contributed by atoms with Crippen LogP contribution in [-0.4, -0.2) is 40.0 Å². The number of rotatable bonds is 5. The first-order chi connectivity index (χ1) is 7.13. The molecule has 4 unspecified atom stereocenters. The van der Waals surface area contributed by atoms with Crippen molar-refractivity contribution in [2.45, 2.75) is 44.0 Å². The fourth-order valence-corrected chi connectivity index (χ4v) is 3.98. The molecular formula is C11H23NO2S. The van der Waals surface area contributed by atoms with Crippen molar-refractivity contribution in [2.24, 2.45) is 5.92 Å². The average Bonchev–Trinajstić information content (AvgIpc) is 2.18. The van der Waals surface area contributed by atoms with Crippen LogP contribution in [-0.2, 0) is 10.8 Å². The molecule has 1 fully saturated rings. The van der Waals surface area contributed by atoms with Crippen LogP contribution in [0, 0.1) is 5.92 Å². The summed E-state index contributed by atoms with van der Waals surface area (Å²) in [5.74, 6) is 1.13. The second-order valence-electron chi connectivity index (χ2n) is 4.65. The van der Waals surface area contributed by atoms with Crippen molar-refractivity contribution in [1.29, 1.82) is 0 Å². The second-order valence-corrected chi connectivity index (χ2v) is 6.41. The molecular weight excluding hydrogens is 210 g/mol. The van der Waals surface area contributed by atoms with Gasteiger partial charge in [0.15, 0.2) is 0 Å². The molecule has 1 aliphatic carbocycles. The molecule has 90 valence electrons. The molecule has 0 heterocycles. The molecule has 0 aromatic carbocycles. The number of likely N-dealkylation sites (N-methyl/N-ethyl adjacent to an activating group) is 1. The fraction of sp³-hybridized carbons (Fsp3) is 1.00. The molecule has 0 bridgehead atoms. The number of hydrogen-bond acceptors (Lipinski definition) is 3. The van der Waals surface area contributed by atoms with Crippen LogP contribution in [0.5, 0.6) is 0 Å². The van der Waals surface area contributed by atoms with Gasteiger partial charge in [-0.05, 0) is 25.8 Å². The van der Waals surface area contributed by atoms with Gasteiger partial charge in [0.2, 0.25) is 0 Å². The predicted molar refractivity (Wildman–Crippen MR) is 64.4 cm³/mol. The third kappa shape index (κ3) is 4.62. The summed E-state index contributed by atoms with van der Waals surface area (Å²) in [6.07, 6.45) is 4.14. The van der Waals surface area contributed by atoms with Crippen molar-refractivity contribution in [1.82, 2.24) is 5.32 Å². The number of aliphatic hydroxyl groups excluding tert-OH is 1. The van der Waals surface area contributed by atoms with E-state index >= 15 is 0 Å². The van der Waals surface area contributed by atoms with E-state index in [1.807, 2.05) is 0 Å². The first kappa shape index (κ1) is 13.1. The summed E-state index contributed by atoms with van der Waals surface area (Å²) < 4.78 is 12.0. The first-order valence-corrected chi connectivity index (χ1v) is 7.21. The van der Waals surface area contributed by atoms with E-state index in [2.05, 4.69) is 12.2 Å². The Bertz CT molecular complexity index is 211. The van der Waals surface area contributed by atoms with Gasteiger partial charge < -0.3 is 10.4 Å². The van der Waals surface area contributed by atoms with Crippen LogP contribution >= 0.6 is 0 Å². The van der Waals surface area contributed by atoms with Crippen molar-refractivity contribution >= 4 is 10.8 Å². The molecule has 2 N–H and O–H groups in total. The highest BCUT2D eigenvalue weighted by molar-refractivity contribution is 7.85. The van der Waals surface area contributed by atoms with Gasteiger partial charge in [0.1, 0.15) is 0 Å². The van der Waals surface area contributed by atoms with E-state index in [-0.39, 0.29) is 0 Å². The molecule has 4 atom stereocenters. The molecule has 0 spiro atoms. The average molecular weight is 233 g/mol. The van der Waals surface area contributed by atoms with E-state index < -0.39 is 16.9 Å². The number of aliphatic hydroxyl groups is 1. The normalized spacial score (nSPS) is 31.1. The Morgan fingerprint density at radius 2 is 2.27 bits per heavy atom. The third-order valence-corrected chi connectivity index (χ3v) is 4.94. The summed E-state index contributed by atoms with van der Waals surface area (Å²) in [7, 11) is 0.952. The second kappa shape index (κ2) is 6.61. The Morgan fingerprint density at radius 1 is 1.53 bits per heavy atom. The number of hydrogen-bond donors (Lipinski definition) is 2. The largest absolute Gasteiger partial charge is 0.391 e. The lowest BCUT2D eigenvalue weighted by atomic mass is 9.91. The standard InChI is InChI=1S/C11H23NO2S/c1-9-4-3-5-11(6-9)15(14)8-10(13)7-12-2/h9-13H,3-8H2,1-2H3. The minimum atomic E-state index is -0.849. The summed E-state index contributed by atoms with van der Waals surface area (Å²) >= 11 is 0. The van der Waals surface area contributed by atoms with Gasteiger partial charge in [0.05, 0.1) is 11.9 Å². The van der Waals surface area contributed by atoms with Crippen LogP contribution < -0.4 is 5.32 Å². The van der Waals surface area contributed by atoms with E-state index in [1.54, 1.807) is 7.05 Å². The summed E-state index contributed by atoms with van der Waals surface area (Å²) in [5, 5.41) is 12.8. The maximum Gasteiger partial charge on any atom is 0.0779 e. The molecule has 1 rings (SSSR count). The molecule has 1 aliphatic rings. The highest BCUT2D eigenvalue weighted by Crippen LogP contribution is 2.27. The Morgan fingerprint density at radius 3 is 2.87 bits per heavy atom. The number of nitrogens with one attached hydrogen (secondary N) is 1. The Kier molecular flexibility index (Phi) is 5.79. The molecule has 4 heteroatoms. The topological polar surface area (TPSA) is 49.3 Å². The highest BCUT2D eigenvalue weighted by atomic mass is 32.2. The monoisotopic (exact) mass is 233 g/mol. The van der Waals surface area contributed by atoms with Crippen molar-refractivity contribution in [3.05, 3.63) is 0 Å².